The van der Waals surface area contributed by atoms with Crippen LogP contribution in [0.15, 0.2) is 24.3 Å². The van der Waals surface area contributed by atoms with Crippen LogP contribution in [0.25, 0.3) is 0 Å². The van der Waals surface area contributed by atoms with Gasteiger partial charge in [0.1, 0.15) is 0 Å². The van der Waals surface area contributed by atoms with Gasteiger partial charge in [-0.25, -0.2) is 0 Å². The van der Waals surface area contributed by atoms with E-state index in [4.69, 9.17) is 9.47 Å². The minimum absolute atomic E-state index is 0.00726. The fourth-order valence-corrected chi connectivity index (χ4v) is 8.83. The number of ether oxygens (including phenoxy) is 2. The van der Waals surface area contributed by atoms with E-state index in [1.165, 1.54) is 89.2 Å². The molecule has 4 aliphatic rings. The van der Waals surface area contributed by atoms with Crippen LogP contribution in [-0.2, 0) is 0 Å². The molecule has 4 saturated carbocycles. The van der Waals surface area contributed by atoms with Crippen LogP contribution in [-0.4, -0.2) is 13.2 Å². The molecule has 5 rings (SSSR count). The van der Waals surface area contributed by atoms with Gasteiger partial charge in [0.25, 0.3) is 0 Å². The fourth-order valence-electron chi connectivity index (χ4n) is 8.83. The van der Waals surface area contributed by atoms with Gasteiger partial charge < -0.3 is 9.47 Å². The molecule has 0 heterocycles. The van der Waals surface area contributed by atoms with Gasteiger partial charge in [0.2, 0.25) is 11.6 Å². The zero-order chi connectivity index (χ0) is 26.5. The van der Waals surface area contributed by atoms with Crippen LogP contribution in [0.1, 0.15) is 104 Å². The molecule has 4 heteroatoms. The van der Waals surface area contributed by atoms with Crippen molar-refractivity contribution < 1.29 is 18.3 Å². The van der Waals surface area contributed by atoms with E-state index in [0.29, 0.717) is 19.1 Å². The minimum atomic E-state index is -0.950. The van der Waals surface area contributed by atoms with Crippen molar-refractivity contribution in [1.29, 1.82) is 0 Å². The van der Waals surface area contributed by atoms with Crippen LogP contribution in [0.3, 0.4) is 0 Å². The average molecular weight is 529 g/mol. The molecule has 212 valence electrons. The standard InChI is InChI=1S/C34H50F2O2/c1-3-5-23-6-10-25(11-7-23)27-14-16-30-21-28(15-17-29(30)20-27)26-12-8-24(9-13-26)22-38-32-19-18-31(37-4-2)33(35)34(32)36/h3,5,18-19,23-30H,4,6-17,20-22H2,1-2H3. The number of fused-ring (bicyclic) bond motifs is 1. The Labute approximate surface area is 229 Å². The number of hydrogen-bond acceptors (Lipinski definition) is 2. The predicted octanol–water partition coefficient (Wildman–Crippen LogP) is 9.76. The van der Waals surface area contributed by atoms with Crippen LogP contribution >= 0.6 is 0 Å². The third kappa shape index (κ3) is 6.58. The number of benzene rings is 1. The molecule has 1 aromatic carbocycles. The molecule has 2 nitrogen and oxygen atoms in total. The van der Waals surface area contributed by atoms with Gasteiger partial charge in [-0.15, -0.1) is 0 Å². The lowest BCUT2D eigenvalue weighted by molar-refractivity contribution is 0.0366. The fraction of sp³-hybridized carbons (Fsp3) is 0.765. The summed E-state index contributed by atoms with van der Waals surface area (Å²) in [6.45, 7) is 4.71. The summed E-state index contributed by atoms with van der Waals surface area (Å²) >= 11 is 0. The summed E-state index contributed by atoms with van der Waals surface area (Å²) in [6, 6.07) is 2.96. The highest BCUT2D eigenvalue weighted by Gasteiger charge is 2.40. The third-order valence-electron chi connectivity index (χ3n) is 11.0. The summed E-state index contributed by atoms with van der Waals surface area (Å²) in [5.41, 5.74) is 0. The number of rotatable bonds is 8. The molecule has 1 aromatic rings. The summed E-state index contributed by atoms with van der Waals surface area (Å²) in [5.74, 6) is 5.10. The van der Waals surface area contributed by atoms with Gasteiger partial charge in [0, 0.05) is 0 Å². The summed E-state index contributed by atoms with van der Waals surface area (Å²) < 4.78 is 39.4. The molecule has 38 heavy (non-hydrogen) atoms. The molecule has 4 atom stereocenters. The molecule has 0 radical (unpaired) electrons. The summed E-state index contributed by atoms with van der Waals surface area (Å²) in [4.78, 5) is 0. The smallest absolute Gasteiger partial charge is 0.204 e. The van der Waals surface area contributed by atoms with Crippen molar-refractivity contribution in [1.82, 2.24) is 0 Å². The second-order valence-electron chi connectivity index (χ2n) is 13.1. The molecule has 0 amide bonds. The lowest BCUT2D eigenvalue weighted by atomic mass is 9.58. The highest BCUT2D eigenvalue weighted by molar-refractivity contribution is 5.35. The Morgan fingerprint density at radius 3 is 1.61 bits per heavy atom. The molecule has 0 N–H and O–H groups in total. The number of hydrogen-bond donors (Lipinski definition) is 0. The largest absolute Gasteiger partial charge is 0.491 e. The van der Waals surface area contributed by atoms with Crippen molar-refractivity contribution in [3.05, 3.63) is 35.9 Å². The van der Waals surface area contributed by atoms with E-state index in [0.717, 1.165) is 54.3 Å². The lowest BCUT2D eigenvalue weighted by Crippen LogP contribution is -2.37. The molecule has 0 bridgehead atoms. The van der Waals surface area contributed by atoms with Crippen LogP contribution in [0, 0.1) is 59.0 Å². The first kappa shape index (κ1) is 28.0. The van der Waals surface area contributed by atoms with Crippen LogP contribution in [0.5, 0.6) is 11.5 Å². The van der Waals surface area contributed by atoms with Crippen LogP contribution < -0.4 is 9.47 Å². The molecule has 4 unspecified atom stereocenters. The Bertz CT molecular complexity index is 913. The Kier molecular flexibility index (Phi) is 9.70. The van der Waals surface area contributed by atoms with Gasteiger partial charge in [-0.05, 0) is 163 Å². The highest BCUT2D eigenvalue weighted by atomic mass is 19.2. The van der Waals surface area contributed by atoms with Crippen molar-refractivity contribution in [2.75, 3.05) is 13.2 Å². The second-order valence-corrected chi connectivity index (χ2v) is 13.1. The molecule has 4 aliphatic carbocycles. The molecular weight excluding hydrogens is 478 g/mol. The third-order valence-corrected chi connectivity index (χ3v) is 11.0. The van der Waals surface area contributed by atoms with Crippen molar-refractivity contribution in [2.45, 2.75) is 104 Å². The maximum Gasteiger partial charge on any atom is 0.204 e. The van der Waals surface area contributed by atoms with Gasteiger partial charge in [0.15, 0.2) is 11.5 Å². The van der Waals surface area contributed by atoms with Gasteiger partial charge in [-0.2, -0.15) is 8.78 Å². The Morgan fingerprint density at radius 1 is 0.658 bits per heavy atom. The van der Waals surface area contributed by atoms with E-state index in [1.54, 1.807) is 6.92 Å². The average Bonchev–Trinajstić information content (AvgIpc) is 2.95. The quantitative estimate of drug-likeness (QED) is 0.313. The Morgan fingerprint density at radius 2 is 1.11 bits per heavy atom. The first-order valence-electron chi connectivity index (χ1n) is 15.9. The van der Waals surface area contributed by atoms with E-state index >= 15 is 0 Å². The maximum atomic E-state index is 14.4. The van der Waals surface area contributed by atoms with Crippen molar-refractivity contribution in [3.8, 4) is 11.5 Å². The van der Waals surface area contributed by atoms with Crippen molar-refractivity contribution >= 4 is 0 Å². The maximum absolute atomic E-state index is 14.4. The minimum Gasteiger partial charge on any atom is -0.491 e. The van der Waals surface area contributed by atoms with Gasteiger partial charge in [0.05, 0.1) is 13.2 Å². The zero-order valence-corrected chi connectivity index (χ0v) is 23.8. The molecule has 0 aliphatic heterocycles. The van der Waals surface area contributed by atoms with E-state index in [-0.39, 0.29) is 11.5 Å². The highest BCUT2D eigenvalue weighted by Crippen LogP contribution is 2.51. The van der Waals surface area contributed by atoms with Gasteiger partial charge in [-0.3, -0.25) is 0 Å². The van der Waals surface area contributed by atoms with Crippen molar-refractivity contribution in [2.24, 2.45) is 47.3 Å². The van der Waals surface area contributed by atoms with Crippen LogP contribution in [0.4, 0.5) is 8.78 Å². The zero-order valence-electron chi connectivity index (χ0n) is 23.8. The number of allylic oxidation sites excluding steroid dienone is 2. The molecule has 4 fully saturated rings. The van der Waals surface area contributed by atoms with E-state index in [2.05, 4.69) is 19.1 Å². The first-order chi connectivity index (χ1) is 18.6. The molecule has 0 aromatic heterocycles. The number of halogens is 2. The molecule has 0 saturated heterocycles. The van der Waals surface area contributed by atoms with E-state index < -0.39 is 11.6 Å². The molecule has 0 spiro atoms. The van der Waals surface area contributed by atoms with E-state index in [9.17, 15) is 8.78 Å². The lowest BCUT2D eigenvalue weighted by Gasteiger charge is -2.47. The second kappa shape index (κ2) is 13.2. The summed E-state index contributed by atoms with van der Waals surface area (Å²) in [5, 5.41) is 0. The molecular formula is C34H50F2O2. The Balaban J connectivity index is 1.03. The van der Waals surface area contributed by atoms with Gasteiger partial charge in [-0.1, -0.05) is 12.2 Å². The first-order valence-corrected chi connectivity index (χ1v) is 15.9. The van der Waals surface area contributed by atoms with E-state index in [1.807, 2.05) is 0 Å². The normalized spacial score (nSPS) is 36.1. The van der Waals surface area contributed by atoms with Gasteiger partial charge >= 0.3 is 0 Å². The predicted molar refractivity (Wildman–Crippen MR) is 150 cm³/mol. The Hall–Kier alpha value is -1.58. The summed E-state index contributed by atoms with van der Waals surface area (Å²) in [7, 11) is 0. The van der Waals surface area contributed by atoms with Crippen molar-refractivity contribution in [3.63, 3.8) is 0 Å². The topological polar surface area (TPSA) is 18.5 Å². The summed E-state index contributed by atoms with van der Waals surface area (Å²) in [6.07, 6.45) is 24.1. The monoisotopic (exact) mass is 528 g/mol. The van der Waals surface area contributed by atoms with Crippen LogP contribution in [0.2, 0.25) is 0 Å². The SMILES string of the molecule is CC=CC1CCC(C2CCC3CC(C4CCC(COc5ccc(OCC)c(F)c5F)CC4)CCC3C2)CC1.